The molecule has 1 aromatic heterocycles. The lowest BCUT2D eigenvalue weighted by Gasteiger charge is -2.08. The van der Waals surface area contributed by atoms with Crippen molar-refractivity contribution in [2.75, 3.05) is 6.54 Å². The van der Waals surface area contributed by atoms with Gasteiger partial charge in [0.05, 0.1) is 11.3 Å². The van der Waals surface area contributed by atoms with Crippen molar-refractivity contribution < 1.29 is 17.6 Å². The molecule has 0 fully saturated rings. The Hall–Kier alpha value is -1.47. The lowest BCUT2D eigenvalue weighted by molar-refractivity contribution is -0.137. The molecule has 0 aliphatic heterocycles. The van der Waals surface area contributed by atoms with Crippen LogP contribution >= 0.6 is 11.3 Å². The minimum atomic E-state index is -4.49. The number of aromatic nitrogens is 1. The van der Waals surface area contributed by atoms with Crippen molar-refractivity contribution in [2.24, 2.45) is 0 Å². The fraction of sp³-hybridized carbons (Fsp3) is 0.357. The van der Waals surface area contributed by atoms with Crippen molar-refractivity contribution in [1.82, 2.24) is 10.3 Å². The zero-order valence-electron chi connectivity index (χ0n) is 11.3. The van der Waals surface area contributed by atoms with Gasteiger partial charge in [0.25, 0.3) is 0 Å². The fourth-order valence-corrected chi connectivity index (χ4v) is 2.61. The Bertz CT molecular complexity index is 607. The molecule has 0 spiro atoms. The van der Waals surface area contributed by atoms with E-state index in [0.29, 0.717) is 12.2 Å². The third-order valence-electron chi connectivity index (χ3n) is 2.81. The molecule has 114 valence electrons. The van der Waals surface area contributed by atoms with Gasteiger partial charge in [-0.15, -0.1) is 11.3 Å². The Morgan fingerprint density at radius 2 is 2.05 bits per heavy atom. The Morgan fingerprint density at radius 1 is 1.29 bits per heavy atom. The number of hydrogen-bond donors (Lipinski definition) is 1. The van der Waals surface area contributed by atoms with Crippen LogP contribution in [0.2, 0.25) is 0 Å². The number of halogens is 4. The maximum Gasteiger partial charge on any atom is 0.416 e. The van der Waals surface area contributed by atoms with E-state index in [1.165, 1.54) is 0 Å². The molecule has 0 radical (unpaired) electrons. The average Bonchev–Trinajstić information content (AvgIpc) is 2.87. The quantitative estimate of drug-likeness (QED) is 0.650. The predicted molar refractivity (Wildman–Crippen MR) is 74.5 cm³/mol. The number of hydrogen-bond acceptors (Lipinski definition) is 3. The number of nitrogens with zero attached hydrogens (tertiary/aromatic N) is 1. The van der Waals surface area contributed by atoms with Crippen LogP contribution in [0.15, 0.2) is 23.6 Å². The van der Waals surface area contributed by atoms with E-state index >= 15 is 0 Å². The molecule has 0 saturated carbocycles. The minimum absolute atomic E-state index is 0.114. The normalized spacial score (nSPS) is 11.9. The van der Waals surface area contributed by atoms with E-state index in [-0.39, 0.29) is 10.6 Å². The van der Waals surface area contributed by atoms with Gasteiger partial charge in [0.15, 0.2) is 0 Å². The van der Waals surface area contributed by atoms with Crippen molar-refractivity contribution >= 4 is 11.3 Å². The Labute approximate surface area is 123 Å². The van der Waals surface area contributed by atoms with Gasteiger partial charge >= 0.3 is 6.18 Å². The van der Waals surface area contributed by atoms with E-state index in [1.807, 2.05) is 6.92 Å². The summed E-state index contributed by atoms with van der Waals surface area (Å²) in [6, 6.07) is 2.36. The maximum atomic E-state index is 13.7. The number of thiazole rings is 1. The van der Waals surface area contributed by atoms with E-state index in [9.17, 15) is 17.6 Å². The van der Waals surface area contributed by atoms with Gasteiger partial charge in [-0.05, 0) is 31.2 Å². The number of nitrogens with one attached hydrogen (secondary N) is 1. The molecule has 1 heterocycles. The summed E-state index contributed by atoms with van der Waals surface area (Å²) < 4.78 is 51.8. The summed E-state index contributed by atoms with van der Waals surface area (Å²) >= 11 is 1.14. The van der Waals surface area contributed by atoms with Crippen LogP contribution in [0.4, 0.5) is 17.6 Å². The summed E-state index contributed by atoms with van der Waals surface area (Å²) in [6.45, 7) is 3.37. The highest BCUT2D eigenvalue weighted by Crippen LogP contribution is 2.34. The Morgan fingerprint density at radius 3 is 2.71 bits per heavy atom. The van der Waals surface area contributed by atoms with E-state index in [1.54, 1.807) is 5.38 Å². The highest BCUT2D eigenvalue weighted by Gasteiger charge is 2.31. The molecule has 2 aromatic rings. The average molecular weight is 318 g/mol. The second-order valence-electron chi connectivity index (χ2n) is 4.51. The topological polar surface area (TPSA) is 24.9 Å². The first kappa shape index (κ1) is 15.9. The van der Waals surface area contributed by atoms with Gasteiger partial charge in [-0.1, -0.05) is 6.92 Å². The molecular weight excluding hydrogens is 304 g/mol. The smallest absolute Gasteiger partial charge is 0.311 e. The zero-order chi connectivity index (χ0) is 15.5. The van der Waals surface area contributed by atoms with E-state index in [2.05, 4.69) is 10.3 Å². The Balaban J connectivity index is 2.25. The summed E-state index contributed by atoms with van der Waals surface area (Å²) in [5.41, 5.74) is -0.295. The number of alkyl halides is 3. The van der Waals surface area contributed by atoms with Crippen molar-refractivity contribution in [1.29, 1.82) is 0 Å². The second kappa shape index (κ2) is 6.53. The fourth-order valence-electron chi connectivity index (χ4n) is 1.77. The van der Waals surface area contributed by atoms with E-state index in [0.717, 1.165) is 42.5 Å². The number of rotatable bonds is 5. The van der Waals surface area contributed by atoms with Gasteiger partial charge < -0.3 is 5.32 Å². The highest BCUT2D eigenvalue weighted by molar-refractivity contribution is 7.13. The molecule has 0 bridgehead atoms. The van der Waals surface area contributed by atoms with Gasteiger partial charge in [0, 0.05) is 17.5 Å². The van der Waals surface area contributed by atoms with Crippen molar-refractivity contribution in [3.8, 4) is 10.6 Å². The molecule has 0 atom stereocenters. The van der Waals surface area contributed by atoms with Crippen LogP contribution in [0.25, 0.3) is 10.6 Å². The molecule has 1 N–H and O–H groups in total. The van der Waals surface area contributed by atoms with Gasteiger partial charge in [-0.25, -0.2) is 9.37 Å². The third-order valence-corrected chi connectivity index (χ3v) is 3.73. The van der Waals surface area contributed by atoms with E-state index < -0.39 is 17.6 Å². The van der Waals surface area contributed by atoms with Crippen LogP contribution in [-0.2, 0) is 12.7 Å². The minimum Gasteiger partial charge on any atom is -0.311 e. The summed E-state index contributed by atoms with van der Waals surface area (Å²) in [6.07, 6.45) is -3.52. The van der Waals surface area contributed by atoms with Crippen LogP contribution < -0.4 is 5.32 Å². The van der Waals surface area contributed by atoms with Crippen LogP contribution in [0.3, 0.4) is 0 Å². The van der Waals surface area contributed by atoms with Crippen molar-refractivity contribution in [3.05, 3.63) is 40.7 Å². The van der Waals surface area contributed by atoms with Gasteiger partial charge in [0.1, 0.15) is 10.8 Å². The molecule has 0 aliphatic carbocycles. The first-order chi connectivity index (χ1) is 9.91. The summed E-state index contributed by atoms with van der Waals surface area (Å²) in [5, 5.41) is 5.11. The first-order valence-corrected chi connectivity index (χ1v) is 7.32. The molecule has 1 aromatic carbocycles. The lowest BCUT2D eigenvalue weighted by atomic mass is 10.1. The first-order valence-electron chi connectivity index (χ1n) is 6.44. The van der Waals surface area contributed by atoms with E-state index in [4.69, 9.17) is 0 Å². The lowest BCUT2D eigenvalue weighted by Crippen LogP contribution is -2.13. The largest absolute Gasteiger partial charge is 0.416 e. The van der Waals surface area contributed by atoms with Crippen molar-refractivity contribution in [3.63, 3.8) is 0 Å². The molecule has 0 aliphatic rings. The molecule has 2 rings (SSSR count). The monoisotopic (exact) mass is 318 g/mol. The molecule has 0 saturated heterocycles. The molecular formula is C14H14F4N2S. The van der Waals surface area contributed by atoms with Crippen LogP contribution in [0.1, 0.15) is 24.6 Å². The molecule has 7 heteroatoms. The second-order valence-corrected chi connectivity index (χ2v) is 5.37. The summed E-state index contributed by atoms with van der Waals surface area (Å²) in [7, 11) is 0. The van der Waals surface area contributed by atoms with Crippen LogP contribution in [-0.4, -0.2) is 11.5 Å². The van der Waals surface area contributed by atoms with Crippen LogP contribution in [0, 0.1) is 5.82 Å². The summed E-state index contributed by atoms with van der Waals surface area (Å²) in [4.78, 5) is 4.18. The van der Waals surface area contributed by atoms with Gasteiger partial charge in [0.2, 0.25) is 0 Å². The predicted octanol–water partition coefficient (Wildman–Crippen LogP) is 4.47. The number of benzene rings is 1. The van der Waals surface area contributed by atoms with Gasteiger partial charge in [-0.2, -0.15) is 13.2 Å². The summed E-state index contributed by atoms with van der Waals surface area (Å²) in [5.74, 6) is -0.703. The van der Waals surface area contributed by atoms with Crippen LogP contribution in [0.5, 0.6) is 0 Å². The maximum absolute atomic E-state index is 13.7. The standard InChI is InChI=1S/C14H14F4N2S/c1-2-5-19-7-10-8-21-13(20-10)11-6-9(14(16,17)18)3-4-12(11)15/h3-4,6,8,19H,2,5,7H2,1H3. The SMILES string of the molecule is CCCNCc1csc(-c2cc(C(F)(F)F)ccc2F)n1. The molecule has 0 unspecified atom stereocenters. The highest BCUT2D eigenvalue weighted by atomic mass is 32.1. The molecule has 0 amide bonds. The zero-order valence-corrected chi connectivity index (χ0v) is 12.1. The third kappa shape index (κ3) is 4.01. The molecule has 2 nitrogen and oxygen atoms in total. The Kier molecular flexibility index (Phi) is 4.95. The molecule has 21 heavy (non-hydrogen) atoms. The van der Waals surface area contributed by atoms with Crippen molar-refractivity contribution in [2.45, 2.75) is 26.1 Å². The van der Waals surface area contributed by atoms with Gasteiger partial charge in [-0.3, -0.25) is 0 Å².